The van der Waals surface area contributed by atoms with Crippen LogP contribution < -0.4 is 4.74 Å². The number of hydrogen-bond acceptors (Lipinski definition) is 3. The van der Waals surface area contributed by atoms with Crippen molar-refractivity contribution in [1.29, 1.82) is 0 Å². The van der Waals surface area contributed by atoms with Gasteiger partial charge in [-0.05, 0) is 25.1 Å². The molecule has 2 atom stereocenters. The Hall–Kier alpha value is -2.00. The van der Waals surface area contributed by atoms with E-state index in [0.29, 0.717) is 0 Å². The molecule has 0 bridgehead atoms. The van der Waals surface area contributed by atoms with Gasteiger partial charge in [-0.3, -0.25) is 0 Å². The molecule has 106 valence electrons. The maximum atomic E-state index is 6.20. The number of rotatable bonds is 1. The van der Waals surface area contributed by atoms with E-state index in [1.807, 2.05) is 36.4 Å². The number of hydrogen-bond donors (Lipinski definition) is 0. The number of ether oxygens (including phenoxy) is 1. The zero-order chi connectivity index (χ0) is 14.4. The molecule has 2 aliphatic heterocycles. The van der Waals surface area contributed by atoms with Crippen LogP contribution in [0.1, 0.15) is 36.7 Å². The van der Waals surface area contributed by atoms with Crippen LogP contribution in [-0.4, -0.2) is 10.7 Å². The summed E-state index contributed by atoms with van der Waals surface area (Å²) in [7, 11) is 0. The van der Waals surface area contributed by atoms with Crippen LogP contribution in [0.25, 0.3) is 0 Å². The molecule has 0 aliphatic carbocycles. The van der Waals surface area contributed by atoms with Gasteiger partial charge in [-0.15, -0.1) is 0 Å². The minimum Gasteiger partial charge on any atom is -0.464 e. The number of para-hydroxylation sites is 1. The molecule has 0 saturated carbocycles. The number of hydrazone groups is 1. The van der Waals surface area contributed by atoms with Crippen LogP contribution in [-0.2, 0) is 0 Å². The van der Waals surface area contributed by atoms with E-state index >= 15 is 0 Å². The third kappa shape index (κ3) is 2.09. The van der Waals surface area contributed by atoms with Gasteiger partial charge in [0.05, 0.1) is 6.04 Å². The van der Waals surface area contributed by atoms with E-state index in [9.17, 15) is 0 Å². The zero-order valence-electron chi connectivity index (χ0n) is 11.7. The van der Waals surface area contributed by atoms with Crippen molar-refractivity contribution in [2.75, 3.05) is 0 Å². The molecule has 0 amide bonds. The van der Waals surface area contributed by atoms with Crippen molar-refractivity contribution >= 4 is 17.3 Å². The molecular weight excluding hydrogens is 284 g/mol. The lowest BCUT2D eigenvalue weighted by Gasteiger charge is -2.38. The third-order valence-electron chi connectivity index (χ3n) is 4.01. The number of benzene rings is 2. The third-order valence-corrected chi connectivity index (χ3v) is 4.26. The monoisotopic (exact) mass is 298 g/mol. The van der Waals surface area contributed by atoms with E-state index in [1.165, 1.54) is 5.56 Å². The number of halogens is 1. The highest BCUT2D eigenvalue weighted by Crippen LogP contribution is 2.46. The Morgan fingerprint density at radius 3 is 2.71 bits per heavy atom. The second kappa shape index (κ2) is 4.78. The fraction of sp³-hybridized carbons (Fsp3) is 0.235. The minimum absolute atomic E-state index is 0.195. The molecule has 2 aliphatic rings. The largest absolute Gasteiger partial charge is 0.464 e. The molecular formula is C17H15ClN2O. The average molecular weight is 299 g/mol. The van der Waals surface area contributed by atoms with Crippen LogP contribution in [0.5, 0.6) is 5.75 Å². The second-order valence-electron chi connectivity index (χ2n) is 5.49. The highest BCUT2D eigenvalue weighted by Gasteiger charge is 2.39. The van der Waals surface area contributed by atoms with Crippen molar-refractivity contribution in [3.63, 3.8) is 0 Å². The van der Waals surface area contributed by atoms with Crippen LogP contribution in [0.2, 0.25) is 5.02 Å². The maximum Gasteiger partial charge on any atom is 0.213 e. The Labute approximate surface area is 128 Å². The maximum absolute atomic E-state index is 6.20. The first-order chi connectivity index (χ1) is 10.2. The van der Waals surface area contributed by atoms with E-state index in [1.54, 1.807) is 0 Å². The average Bonchev–Trinajstić information content (AvgIpc) is 2.89. The van der Waals surface area contributed by atoms with Gasteiger partial charge in [0, 0.05) is 28.3 Å². The summed E-state index contributed by atoms with van der Waals surface area (Å²) in [5.74, 6) is 0.948. The molecule has 0 N–H and O–H groups in total. The summed E-state index contributed by atoms with van der Waals surface area (Å²) in [6, 6.07) is 16.3. The smallest absolute Gasteiger partial charge is 0.213 e. The fourth-order valence-corrected chi connectivity index (χ4v) is 3.16. The van der Waals surface area contributed by atoms with Gasteiger partial charge >= 0.3 is 0 Å². The van der Waals surface area contributed by atoms with E-state index in [4.69, 9.17) is 16.3 Å². The van der Waals surface area contributed by atoms with Crippen LogP contribution in [0.4, 0.5) is 0 Å². The summed E-state index contributed by atoms with van der Waals surface area (Å²) in [4.78, 5) is 0. The number of nitrogens with zero attached hydrogens (tertiary/aromatic N) is 2. The summed E-state index contributed by atoms with van der Waals surface area (Å²) in [6.07, 6.45) is 0.754. The standard InChI is InChI=1S/C17H15ClN2O/c1-11-10-15-14-4-2-3-5-16(14)21-17(20(15)19-11)12-6-8-13(18)9-7-12/h2-9,15,17H,10H2,1H3/t15-,17+/m1/s1. The lowest BCUT2D eigenvalue weighted by atomic mass is 9.98. The van der Waals surface area contributed by atoms with E-state index in [2.05, 4.69) is 29.2 Å². The molecule has 2 aromatic rings. The normalized spacial score (nSPS) is 23.1. The van der Waals surface area contributed by atoms with Gasteiger partial charge in [-0.1, -0.05) is 41.9 Å². The Bertz CT molecular complexity index is 711. The summed E-state index contributed by atoms with van der Waals surface area (Å²) in [5, 5.41) is 7.48. The van der Waals surface area contributed by atoms with Crippen LogP contribution in [0, 0.1) is 0 Å². The van der Waals surface area contributed by atoms with Crippen molar-refractivity contribution in [1.82, 2.24) is 5.01 Å². The molecule has 2 aromatic carbocycles. The summed E-state index contributed by atoms with van der Waals surface area (Å²) in [5.41, 5.74) is 3.42. The molecule has 21 heavy (non-hydrogen) atoms. The lowest BCUT2D eigenvalue weighted by molar-refractivity contribution is -0.0190. The first kappa shape index (κ1) is 12.7. The quantitative estimate of drug-likeness (QED) is 0.771. The van der Waals surface area contributed by atoms with Crippen LogP contribution >= 0.6 is 11.6 Å². The topological polar surface area (TPSA) is 24.8 Å². The molecule has 4 heteroatoms. The minimum atomic E-state index is -0.195. The van der Waals surface area contributed by atoms with Crippen molar-refractivity contribution in [3.8, 4) is 5.75 Å². The summed E-state index contributed by atoms with van der Waals surface area (Å²) >= 11 is 5.98. The van der Waals surface area contributed by atoms with Gasteiger partial charge in [-0.25, -0.2) is 5.01 Å². The summed E-state index contributed by atoms with van der Waals surface area (Å²) < 4.78 is 6.20. The molecule has 0 aromatic heterocycles. The second-order valence-corrected chi connectivity index (χ2v) is 5.93. The molecule has 0 saturated heterocycles. The van der Waals surface area contributed by atoms with Crippen molar-refractivity contribution < 1.29 is 4.74 Å². The molecule has 0 radical (unpaired) electrons. The van der Waals surface area contributed by atoms with Gasteiger partial charge in [0.2, 0.25) is 6.23 Å². The van der Waals surface area contributed by atoms with E-state index in [0.717, 1.165) is 28.5 Å². The predicted octanol–water partition coefficient (Wildman–Crippen LogP) is 4.55. The predicted molar refractivity (Wildman–Crippen MR) is 83.6 cm³/mol. The van der Waals surface area contributed by atoms with Crippen LogP contribution in [0.15, 0.2) is 53.6 Å². The molecule has 3 nitrogen and oxygen atoms in total. The first-order valence-electron chi connectivity index (χ1n) is 7.06. The highest BCUT2D eigenvalue weighted by atomic mass is 35.5. The molecule has 0 unspecified atom stereocenters. The van der Waals surface area contributed by atoms with Gasteiger partial charge in [0.25, 0.3) is 0 Å². The fourth-order valence-electron chi connectivity index (χ4n) is 3.03. The van der Waals surface area contributed by atoms with Crippen molar-refractivity contribution in [3.05, 3.63) is 64.7 Å². The Morgan fingerprint density at radius 2 is 1.90 bits per heavy atom. The molecule has 0 fully saturated rings. The molecule has 4 rings (SSSR count). The van der Waals surface area contributed by atoms with Gasteiger partial charge < -0.3 is 4.74 Å². The van der Waals surface area contributed by atoms with Crippen molar-refractivity contribution in [2.24, 2.45) is 5.10 Å². The Morgan fingerprint density at radius 1 is 1.14 bits per heavy atom. The van der Waals surface area contributed by atoms with E-state index < -0.39 is 0 Å². The Kier molecular flexibility index (Phi) is 2.89. The van der Waals surface area contributed by atoms with Crippen LogP contribution in [0.3, 0.4) is 0 Å². The zero-order valence-corrected chi connectivity index (χ0v) is 12.4. The van der Waals surface area contributed by atoms with E-state index in [-0.39, 0.29) is 12.3 Å². The van der Waals surface area contributed by atoms with Gasteiger partial charge in [0.15, 0.2) is 0 Å². The number of fused-ring (bicyclic) bond motifs is 3. The van der Waals surface area contributed by atoms with Gasteiger partial charge in [-0.2, -0.15) is 5.10 Å². The van der Waals surface area contributed by atoms with Crippen molar-refractivity contribution in [2.45, 2.75) is 25.6 Å². The summed E-state index contributed by atoms with van der Waals surface area (Å²) in [6.45, 7) is 2.07. The lowest BCUT2D eigenvalue weighted by Crippen LogP contribution is -2.33. The molecule has 0 spiro atoms. The van der Waals surface area contributed by atoms with Gasteiger partial charge in [0.1, 0.15) is 5.75 Å². The first-order valence-corrected chi connectivity index (χ1v) is 7.43. The SMILES string of the molecule is CC1=NN2[C@H](C1)c1ccccc1O[C@H]2c1ccc(Cl)cc1. The highest BCUT2D eigenvalue weighted by molar-refractivity contribution is 6.30. The Balaban J connectivity index is 1.80. The molecule has 2 heterocycles.